The average molecular weight is 237 g/mol. The number of piperidine rings is 1. The van der Waals surface area contributed by atoms with E-state index in [0.29, 0.717) is 24.8 Å². The minimum Gasteiger partial charge on any atom is -0.480 e. The third-order valence-electron chi connectivity index (χ3n) is 4.76. The van der Waals surface area contributed by atoms with Crippen molar-refractivity contribution >= 4 is 11.9 Å². The highest BCUT2D eigenvalue weighted by Crippen LogP contribution is 2.58. The maximum absolute atomic E-state index is 12.4. The number of hydrogen-bond acceptors (Lipinski definition) is 2. The van der Waals surface area contributed by atoms with Gasteiger partial charge in [0.05, 0.1) is 0 Å². The van der Waals surface area contributed by atoms with Crippen LogP contribution in [0.25, 0.3) is 0 Å². The predicted octanol–water partition coefficient (Wildman–Crippen LogP) is 1.50. The molecule has 3 aliphatic rings. The monoisotopic (exact) mass is 237 g/mol. The molecule has 0 bridgehead atoms. The molecule has 2 aliphatic carbocycles. The summed E-state index contributed by atoms with van der Waals surface area (Å²) in [7, 11) is 0. The lowest BCUT2D eigenvalue weighted by Gasteiger charge is -2.33. The Kier molecular flexibility index (Phi) is 2.60. The van der Waals surface area contributed by atoms with Gasteiger partial charge in [-0.25, -0.2) is 4.79 Å². The van der Waals surface area contributed by atoms with Crippen molar-refractivity contribution in [2.24, 2.45) is 17.8 Å². The summed E-state index contributed by atoms with van der Waals surface area (Å²) >= 11 is 0. The standard InChI is InChI=1S/C13H19NO3/c15-12(11-8-4-3-5-9(8)11)14-7-2-1-6-10(14)13(16)17/h8-11H,1-7H2,(H,16,17)/t8?,9?,10-,11?/m1/s1. The van der Waals surface area contributed by atoms with E-state index in [1.807, 2.05) is 0 Å². The number of hydrogen-bond donors (Lipinski definition) is 1. The Morgan fingerprint density at radius 2 is 1.71 bits per heavy atom. The van der Waals surface area contributed by atoms with E-state index in [4.69, 9.17) is 5.11 Å². The van der Waals surface area contributed by atoms with Crippen molar-refractivity contribution in [3.63, 3.8) is 0 Å². The van der Waals surface area contributed by atoms with Gasteiger partial charge in [-0.15, -0.1) is 0 Å². The minimum atomic E-state index is -0.830. The van der Waals surface area contributed by atoms with Gasteiger partial charge >= 0.3 is 5.97 Å². The normalized spacial score (nSPS) is 39.9. The van der Waals surface area contributed by atoms with Gasteiger partial charge in [-0.3, -0.25) is 4.79 Å². The summed E-state index contributed by atoms with van der Waals surface area (Å²) in [6, 6.07) is -0.558. The van der Waals surface area contributed by atoms with Crippen molar-refractivity contribution in [3.8, 4) is 0 Å². The molecule has 4 nitrogen and oxygen atoms in total. The molecule has 0 aromatic heterocycles. The molecule has 1 heterocycles. The number of carboxylic acid groups (broad SMARTS) is 1. The zero-order chi connectivity index (χ0) is 12.0. The van der Waals surface area contributed by atoms with Crippen LogP contribution < -0.4 is 0 Å². The Bertz CT molecular complexity index is 345. The Labute approximate surface area is 101 Å². The molecule has 1 aliphatic heterocycles. The molecule has 0 aromatic carbocycles. The van der Waals surface area contributed by atoms with Crippen LogP contribution in [0.3, 0.4) is 0 Å². The number of nitrogens with zero attached hydrogens (tertiary/aromatic N) is 1. The van der Waals surface area contributed by atoms with Gasteiger partial charge in [0.1, 0.15) is 6.04 Å². The van der Waals surface area contributed by atoms with Gasteiger partial charge < -0.3 is 10.0 Å². The van der Waals surface area contributed by atoms with E-state index >= 15 is 0 Å². The first-order valence-corrected chi connectivity index (χ1v) is 6.73. The summed E-state index contributed by atoms with van der Waals surface area (Å²) in [5, 5.41) is 9.17. The molecule has 2 unspecified atom stereocenters. The number of rotatable bonds is 2. The van der Waals surface area contributed by atoms with E-state index in [1.165, 1.54) is 19.3 Å². The van der Waals surface area contributed by atoms with Gasteiger partial charge in [0.15, 0.2) is 0 Å². The van der Waals surface area contributed by atoms with Crippen LogP contribution in [0.5, 0.6) is 0 Å². The van der Waals surface area contributed by atoms with Crippen molar-refractivity contribution in [2.75, 3.05) is 6.54 Å². The van der Waals surface area contributed by atoms with Crippen molar-refractivity contribution in [1.82, 2.24) is 4.90 Å². The van der Waals surface area contributed by atoms with E-state index in [9.17, 15) is 9.59 Å². The van der Waals surface area contributed by atoms with Gasteiger partial charge in [-0.2, -0.15) is 0 Å². The SMILES string of the molecule is O=C(O)[C@H]1CCCCN1C(=O)C1C2CCCC21. The Morgan fingerprint density at radius 1 is 1.00 bits per heavy atom. The Balaban J connectivity index is 1.69. The topological polar surface area (TPSA) is 57.6 Å². The summed E-state index contributed by atoms with van der Waals surface area (Å²) in [6.45, 7) is 0.645. The fraction of sp³-hybridized carbons (Fsp3) is 0.846. The van der Waals surface area contributed by atoms with Crippen LogP contribution in [-0.4, -0.2) is 34.5 Å². The van der Waals surface area contributed by atoms with Crippen LogP contribution in [0.15, 0.2) is 0 Å². The van der Waals surface area contributed by atoms with Gasteiger partial charge in [-0.1, -0.05) is 6.42 Å². The first-order chi connectivity index (χ1) is 8.20. The van der Waals surface area contributed by atoms with E-state index in [1.54, 1.807) is 4.90 Å². The fourth-order valence-corrected chi connectivity index (χ4v) is 3.83. The maximum atomic E-state index is 12.4. The molecule has 17 heavy (non-hydrogen) atoms. The van der Waals surface area contributed by atoms with Crippen LogP contribution in [0, 0.1) is 17.8 Å². The van der Waals surface area contributed by atoms with Gasteiger partial charge in [0.2, 0.25) is 5.91 Å². The number of carbonyl (C=O) groups excluding carboxylic acids is 1. The lowest BCUT2D eigenvalue weighted by molar-refractivity contribution is -0.153. The van der Waals surface area contributed by atoms with Crippen molar-refractivity contribution in [3.05, 3.63) is 0 Å². The molecule has 3 atom stereocenters. The summed E-state index contributed by atoms with van der Waals surface area (Å²) < 4.78 is 0. The van der Waals surface area contributed by atoms with Crippen LogP contribution in [0.4, 0.5) is 0 Å². The molecule has 0 spiro atoms. The number of carbonyl (C=O) groups is 2. The van der Waals surface area contributed by atoms with Crippen molar-refractivity contribution in [2.45, 2.75) is 44.6 Å². The lowest BCUT2D eigenvalue weighted by atomic mass is 10.0. The van der Waals surface area contributed by atoms with E-state index in [0.717, 1.165) is 12.8 Å². The largest absolute Gasteiger partial charge is 0.480 e. The van der Waals surface area contributed by atoms with E-state index in [-0.39, 0.29) is 11.8 Å². The molecule has 3 rings (SSSR count). The third-order valence-corrected chi connectivity index (χ3v) is 4.76. The van der Waals surface area contributed by atoms with Gasteiger partial charge in [-0.05, 0) is 43.9 Å². The van der Waals surface area contributed by atoms with Gasteiger partial charge in [0, 0.05) is 12.5 Å². The number of aliphatic carboxylic acids is 1. The predicted molar refractivity (Wildman–Crippen MR) is 61.3 cm³/mol. The summed E-state index contributed by atoms with van der Waals surface area (Å²) in [4.78, 5) is 25.2. The molecule has 3 fully saturated rings. The molecule has 94 valence electrons. The molecule has 0 radical (unpaired) electrons. The fourth-order valence-electron chi connectivity index (χ4n) is 3.83. The highest BCUT2D eigenvalue weighted by atomic mass is 16.4. The maximum Gasteiger partial charge on any atom is 0.326 e. The van der Waals surface area contributed by atoms with Crippen molar-refractivity contribution < 1.29 is 14.7 Å². The summed E-state index contributed by atoms with van der Waals surface area (Å²) in [5.41, 5.74) is 0. The lowest BCUT2D eigenvalue weighted by Crippen LogP contribution is -2.49. The molecule has 0 aromatic rings. The van der Waals surface area contributed by atoms with Crippen LogP contribution in [0.1, 0.15) is 38.5 Å². The summed E-state index contributed by atoms with van der Waals surface area (Å²) in [6.07, 6.45) is 6.11. The number of likely N-dealkylation sites (tertiary alicyclic amines) is 1. The number of fused-ring (bicyclic) bond motifs is 1. The molecule has 4 heteroatoms. The Morgan fingerprint density at radius 3 is 2.35 bits per heavy atom. The van der Waals surface area contributed by atoms with E-state index in [2.05, 4.69) is 0 Å². The number of amides is 1. The quantitative estimate of drug-likeness (QED) is 0.791. The second-order valence-corrected chi connectivity index (χ2v) is 5.67. The molecule has 2 saturated carbocycles. The second-order valence-electron chi connectivity index (χ2n) is 5.67. The zero-order valence-corrected chi connectivity index (χ0v) is 9.97. The number of carboxylic acids is 1. The second kappa shape index (κ2) is 4.00. The van der Waals surface area contributed by atoms with Crippen LogP contribution >= 0.6 is 0 Å². The smallest absolute Gasteiger partial charge is 0.326 e. The molecule has 1 amide bonds. The van der Waals surface area contributed by atoms with E-state index < -0.39 is 12.0 Å². The average Bonchev–Trinajstić information content (AvgIpc) is 2.81. The first-order valence-electron chi connectivity index (χ1n) is 6.73. The van der Waals surface area contributed by atoms with Crippen LogP contribution in [0.2, 0.25) is 0 Å². The molecular formula is C13H19NO3. The highest BCUT2D eigenvalue weighted by Gasteiger charge is 2.58. The summed E-state index contributed by atoms with van der Waals surface area (Å²) in [5.74, 6) is 0.636. The van der Waals surface area contributed by atoms with Crippen LogP contribution in [-0.2, 0) is 9.59 Å². The first kappa shape index (κ1) is 11.1. The molecule has 1 saturated heterocycles. The Hall–Kier alpha value is -1.06. The minimum absolute atomic E-state index is 0.131. The zero-order valence-electron chi connectivity index (χ0n) is 9.97. The van der Waals surface area contributed by atoms with Gasteiger partial charge in [0.25, 0.3) is 0 Å². The molecule has 1 N–H and O–H groups in total. The third kappa shape index (κ3) is 1.74. The van der Waals surface area contributed by atoms with Crippen molar-refractivity contribution in [1.29, 1.82) is 0 Å². The molecular weight excluding hydrogens is 218 g/mol. The highest BCUT2D eigenvalue weighted by molar-refractivity contribution is 5.87.